The first-order valence-electron chi connectivity index (χ1n) is 8.21. The van der Waals surface area contributed by atoms with Gasteiger partial charge in [0.25, 0.3) is 0 Å². The second-order valence-corrected chi connectivity index (χ2v) is 6.37. The van der Waals surface area contributed by atoms with E-state index in [1.165, 1.54) is 37.7 Å². The molecule has 0 radical (unpaired) electrons. The summed E-state index contributed by atoms with van der Waals surface area (Å²) >= 11 is 0. The van der Waals surface area contributed by atoms with E-state index in [4.69, 9.17) is 5.73 Å². The minimum absolute atomic E-state index is 0.172. The van der Waals surface area contributed by atoms with Crippen molar-refractivity contribution in [1.29, 1.82) is 0 Å². The van der Waals surface area contributed by atoms with Crippen molar-refractivity contribution < 1.29 is 0 Å². The highest BCUT2D eigenvalue weighted by Gasteiger charge is 2.23. The number of hydrogen-bond donors (Lipinski definition) is 1. The molecule has 0 bridgehead atoms. The average molecular weight is 274 g/mol. The molecule has 1 aromatic carbocycles. The third-order valence-corrected chi connectivity index (χ3v) is 5.04. The van der Waals surface area contributed by atoms with Crippen LogP contribution in [0, 0.1) is 5.92 Å². The first-order valence-corrected chi connectivity index (χ1v) is 8.21. The van der Waals surface area contributed by atoms with Crippen molar-refractivity contribution in [1.82, 2.24) is 4.90 Å². The Morgan fingerprint density at radius 2 is 1.80 bits per heavy atom. The second kappa shape index (κ2) is 7.80. The van der Waals surface area contributed by atoms with Crippen molar-refractivity contribution in [3.05, 3.63) is 35.9 Å². The molecule has 0 heterocycles. The number of hydrogen-bond acceptors (Lipinski definition) is 2. The van der Waals surface area contributed by atoms with E-state index in [0.29, 0.717) is 0 Å². The Hall–Kier alpha value is -0.860. The lowest BCUT2D eigenvalue weighted by Gasteiger charge is -2.35. The Labute approximate surface area is 124 Å². The van der Waals surface area contributed by atoms with Crippen LogP contribution in [-0.4, -0.2) is 24.5 Å². The van der Waals surface area contributed by atoms with E-state index in [-0.39, 0.29) is 6.04 Å². The van der Waals surface area contributed by atoms with Gasteiger partial charge in [-0.2, -0.15) is 0 Å². The lowest BCUT2D eigenvalue weighted by atomic mass is 9.84. The summed E-state index contributed by atoms with van der Waals surface area (Å²) in [6.45, 7) is 3.44. The second-order valence-electron chi connectivity index (χ2n) is 6.37. The van der Waals surface area contributed by atoms with Crippen LogP contribution in [-0.2, 0) is 0 Å². The van der Waals surface area contributed by atoms with E-state index in [2.05, 4.69) is 49.2 Å². The summed E-state index contributed by atoms with van der Waals surface area (Å²) in [7, 11) is 2.27. The standard InChI is InChI=1S/C18H30N2/c1-3-15-9-11-17(12-10-15)20(2)14-13-18(19)16-7-5-4-6-8-16/h4-8,15,17-18H,3,9-14,19H2,1-2H3. The SMILES string of the molecule is CCC1CCC(N(C)CCC(N)c2ccccc2)CC1. The van der Waals surface area contributed by atoms with E-state index < -0.39 is 0 Å². The van der Waals surface area contributed by atoms with E-state index in [9.17, 15) is 0 Å². The smallest absolute Gasteiger partial charge is 0.0307 e. The zero-order valence-electron chi connectivity index (χ0n) is 13.1. The molecule has 1 unspecified atom stereocenters. The molecule has 1 aliphatic carbocycles. The molecular formula is C18H30N2. The first-order chi connectivity index (χ1) is 9.70. The molecular weight excluding hydrogens is 244 g/mol. The summed E-state index contributed by atoms with van der Waals surface area (Å²) in [5.41, 5.74) is 7.55. The molecule has 2 nitrogen and oxygen atoms in total. The number of rotatable bonds is 6. The summed E-state index contributed by atoms with van der Waals surface area (Å²) in [5, 5.41) is 0. The van der Waals surface area contributed by atoms with Crippen LogP contribution in [0.25, 0.3) is 0 Å². The molecule has 2 N–H and O–H groups in total. The van der Waals surface area contributed by atoms with Gasteiger partial charge in [-0.15, -0.1) is 0 Å². The highest BCUT2D eigenvalue weighted by Crippen LogP contribution is 2.29. The molecule has 20 heavy (non-hydrogen) atoms. The fraction of sp³-hybridized carbons (Fsp3) is 0.667. The van der Waals surface area contributed by atoms with E-state index in [1.54, 1.807) is 0 Å². The minimum Gasteiger partial charge on any atom is -0.324 e. The lowest BCUT2D eigenvalue weighted by Crippen LogP contribution is -2.36. The van der Waals surface area contributed by atoms with Gasteiger partial charge in [0.15, 0.2) is 0 Å². The largest absolute Gasteiger partial charge is 0.324 e. The predicted octanol–water partition coefficient (Wildman–Crippen LogP) is 3.98. The van der Waals surface area contributed by atoms with Crippen LogP contribution in [0.1, 0.15) is 57.1 Å². The monoisotopic (exact) mass is 274 g/mol. The molecule has 1 aromatic rings. The molecule has 2 heteroatoms. The first kappa shape index (κ1) is 15.5. The van der Waals surface area contributed by atoms with Gasteiger partial charge < -0.3 is 10.6 Å². The topological polar surface area (TPSA) is 29.3 Å². The molecule has 1 aliphatic rings. The van der Waals surface area contributed by atoms with Gasteiger partial charge in [0.1, 0.15) is 0 Å². The average Bonchev–Trinajstić information content (AvgIpc) is 2.53. The Morgan fingerprint density at radius 3 is 2.40 bits per heavy atom. The van der Waals surface area contributed by atoms with Gasteiger partial charge in [0, 0.05) is 12.1 Å². The van der Waals surface area contributed by atoms with Crippen LogP contribution in [0.4, 0.5) is 0 Å². The Bertz CT molecular complexity index is 368. The number of benzene rings is 1. The molecule has 1 atom stereocenters. The van der Waals surface area contributed by atoms with Crippen molar-refractivity contribution in [3.63, 3.8) is 0 Å². The molecule has 0 aromatic heterocycles. The third kappa shape index (κ3) is 4.32. The third-order valence-electron chi connectivity index (χ3n) is 5.04. The summed E-state index contributed by atoms with van der Waals surface area (Å²) in [6.07, 6.45) is 7.97. The van der Waals surface area contributed by atoms with Crippen LogP contribution in [0.15, 0.2) is 30.3 Å². The van der Waals surface area contributed by atoms with Gasteiger partial charge in [-0.3, -0.25) is 0 Å². The summed E-state index contributed by atoms with van der Waals surface area (Å²) in [4.78, 5) is 2.54. The summed E-state index contributed by atoms with van der Waals surface area (Å²) < 4.78 is 0. The van der Waals surface area contributed by atoms with Crippen LogP contribution in [0.2, 0.25) is 0 Å². The van der Waals surface area contributed by atoms with Crippen LogP contribution >= 0.6 is 0 Å². The maximum absolute atomic E-state index is 6.29. The summed E-state index contributed by atoms with van der Waals surface area (Å²) in [5.74, 6) is 0.978. The van der Waals surface area contributed by atoms with Gasteiger partial charge in [-0.05, 0) is 57.2 Å². The normalized spacial score (nSPS) is 24.8. The van der Waals surface area contributed by atoms with Crippen LogP contribution in [0.3, 0.4) is 0 Å². The number of nitrogens with zero attached hydrogens (tertiary/aromatic N) is 1. The van der Waals surface area contributed by atoms with Crippen LogP contribution < -0.4 is 5.73 Å². The van der Waals surface area contributed by atoms with E-state index >= 15 is 0 Å². The highest BCUT2D eigenvalue weighted by atomic mass is 15.1. The van der Waals surface area contributed by atoms with Crippen LogP contribution in [0.5, 0.6) is 0 Å². The van der Waals surface area contributed by atoms with Crippen molar-refractivity contribution in [2.45, 2.75) is 57.5 Å². The predicted molar refractivity (Wildman–Crippen MR) is 86.7 cm³/mol. The fourth-order valence-electron chi connectivity index (χ4n) is 3.39. The summed E-state index contributed by atoms with van der Waals surface area (Å²) in [6, 6.07) is 11.4. The van der Waals surface area contributed by atoms with Crippen molar-refractivity contribution >= 4 is 0 Å². The van der Waals surface area contributed by atoms with Gasteiger partial charge in [0.05, 0.1) is 0 Å². The Morgan fingerprint density at radius 1 is 1.15 bits per heavy atom. The van der Waals surface area contributed by atoms with Gasteiger partial charge in [-0.25, -0.2) is 0 Å². The van der Waals surface area contributed by atoms with E-state index in [0.717, 1.165) is 24.9 Å². The molecule has 0 saturated heterocycles. The maximum Gasteiger partial charge on any atom is 0.0307 e. The maximum atomic E-state index is 6.29. The van der Waals surface area contributed by atoms with Crippen molar-refractivity contribution in [2.75, 3.05) is 13.6 Å². The molecule has 0 amide bonds. The minimum atomic E-state index is 0.172. The molecule has 2 rings (SSSR count). The van der Waals surface area contributed by atoms with Crippen molar-refractivity contribution in [2.24, 2.45) is 11.7 Å². The number of nitrogens with two attached hydrogens (primary N) is 1. The van der Waals surface area contributed by atoms with Gasteiger partial charge in [-0.1, -0.05) is 43.7 Å². The highest BCUT2D eigenvalue weighted by molar-refractivity contribution is 5.18. The fourth-order valence-corrected chi connectivity index (χ4v) is 3.39. The van der Waals surface area contributed by atoms with E-state index in [1.807, 2.05) is 0 Å². The molecule has 1 fully saturated rings. The zero-order valence-corrected chi connectivity index (χ0v) is 13.1. The Kier molecular flexibility index (Phi) is 6.06. The molecule has 0 aliphatic heterocycles. The lowest BCUT2D eigenvalue weighted by molar-refractivity contribution is 0.159. The zero-order chi connectivity index (χ0) is 14.4. The van der Waals surface area contributed by atoms with Gasteiger partial charge >= 0.3 is 0 Å². The van der Waals surface area contributed by atoms with Gasteiger partial charge in [0.2, 0.25) is 0 Å². The molecule has 0 spiro atoms. The van der Waals surface area contributed by atoms with Crippen molar-refractivity contribution in [3.8, 4) is 0 Å². The molecule has 112 valence electrons. The Balaban J connectivity index is 1.74. The molecule has 1 saturated carbocycles. The quantitative estimate of drug-likeness (QED) is 0.850.